The van der Waals surface area contributed by atoms with Gasteiger partial charge in [0.25, 0.3) is 0 Å². The second kappa shape index (κ2) is 5.28. The van der Waals surface area contributed by atoms with Crippen LogP contribution in [-0.2, 0) is 16.0 Å². The molecule has 1 N–H and O–H groups in total. The molecule has 3 nitrogen and oxygen atoms in total. The molecule has 0 aromatic carbocycles. The minimum absolute atomic E-state index is 0.0454. The monoisotopic (exact) mass is 225 g/mol. The van der Waals surface area contributed by atoms with Crippen LogP contribution in [-0.4, -0.2) is 25.2 Å². The summed E-state index contributed by atoms with van der Waals surface area (Å²) >= 11 is 1.72. The van der Waals surface area contributed by atoms with Crippen LogP contribution in [0.2, 0.25) is 0 Å². The Balaban J connectivity index is 1.67. The molecule has 0 saturated carbocycles. The second-order valence-electron chi connectivity index (χ2n) is 3.62. The number of amides is 1. The molecule has 4 heteroatoms. The van der Waals surface area contributed by atoms with Crippen LogP contribution in [0.25, 0.3) is 0 Å². The first kappa shape index (κ1) is 10.6. The molecular formula is C11H15NO2S. The molecule has 1 aromatic heterocycles. The molecule has 1 unspecified atom stereocenters. The van der Waals surface area contributed by atoms with Crippen LogP contribution in [0, 0.1) is 0 Å². The highest BCUT2D eigenvalue weighted by atomic mass is 32.1. The molecule has 2 heterocycles. The molecule has 0 aliphatic carbocycles. The molecule has 15 heavy (non-hydrogen) atoms. The molecular weight excluding hydrogens is 210 g/mol. The molecule has 0 bridgehead atoms. The topological polar surface area (TPSA) is 38.3 Å². The average Bonchev–Trinajstić information content (AvgIpc) is 2.90. The van der Waals surface area contributed by atoms with Crippen LogP contribution in [0.4, 0.5) is 0 Å². The summed E-state index contributed by atoms with van der Waals surface area (Å²) in [7, 11) is 0. The molecule has 0 radical (unpaired) electrons. The van der Waals surface area contributed by atoms with Crippen molar-refractivity contribution >= 4 is 17.2 Å². The smallest absolute Gasteiger partial charge is 0.249 e. The van der Waals surface area contributed by atoms with E-state index < -0.39 is 0 Å². The molecule has 2 rings (SSSR count). The third-order valence-corrected chi connectivity index (χ3v) is 3.41. The summed E-state index contributed by atoms with van der Waals surface area (Å²) in [6.45, 7) is 1.43. The Hall–Kier alpha value is -0.870. The van der Waals surface area contributed by atoms with Crippen molar-refractivity contribution in [2.75, 3.05) is 13.2 Å². The zero-order valence-electron chi connectivity index (χ0n) is 8.57. The van der Waals surface area contributed by atoms with Gasteiger partial charge in [-0.2, -0.15) is 0 Å². The predicted molar refractivity (Wildman–Crippen MR) is 60.0 cm³/mol. The first-order chi connectivity index (χ1) is 7.36. The van der Waals surface area contributed by atoms with Crippen molar-refractivity contribution < 1.29 is 9.53 Å². The van der Waals surface area contributed by atoms with Gasteiger partial charge in [0, 0.05) is 18.0 Å². The summed E-state index contributed by atoms with van der Waals surface area (Å²) in [5.41, 5.74) is 0. The lowest BCUT2D eigenvalue weighted by molar-refractivity contribution is -0.129. The predicted octanol–water partition coefficient (Wildman–Crippen LogP) is 1.59. The van der Waals surface area contributed by atoms with Gasteiger partial charge in [-0.25, -0.2) is 0 Å². The molecule has 1 aliphatic rings. The van der Waals surface area contributed by atoms with Crippen LogP contribution in [0.15, 0.2) is 17.5 Å². The first-order valence-electron chi connectivity index (χ1n) is 5.28. The number of carbonyl (C=O) groups excluding carboxylic acids is 1. The third-order valence-electron chi connectivity index (χ3n) is 2.47. The van der Waals surface area contributed by atoms with Gasteiger partial charge in [0.05, 0.1) is 0 Å². The van der Waals surface area contributed by atoms with Gasteiger partial charge in [-0.1, -0.05) is 6.07 Å². The molecule has 1 atom stereocenters. The van der Waals surface area contributed by atoms with E-state index in [1.165, 1.54) is 4.88 Å². The fraction of sp³-hybridized carbons (Fsp3) is 0.545. The van der Waals surface area contributed by atoms with E-state index in [2.05, 4.69) is 16.8 Å². The van der Waals surface area contributed by atoms with Crippen LogP contribution in [0.5, 0.6) is 0 Å². The minimum Gasteiger partial charge on any atom is -0.368 e. The lowest BCUT2D eigenvalue weighted by Gasteiger charge is -2.09. The van der Waals surface area contributed by atoms with Crippen molar-refractivity contribution in [1.82, 2.24) is 5.32 Å². The number of ether oxygens (including phenoxy) is 1. The zero-order chi connectivity index (χ0) is 10.5. The first-order valence-corrected chi connectivity index (χ1v) is 6.16. The fourth-order valence-corrected chi connectivity index (χ4v) is 2.37. The fourth-order valence-electron chi connectivity index (χ4n) is 1.66. The summed E-state index contributed by atoms with van der Waals surface area (Å²) in [6, 6.07) is 4.12. The number of nitrogens with one attached hydrogen (secondary N) is 1. The maximum atomic E-state index is 11.5. The molecule has 1 amide bonds. The minimum atomic E-state index is -0.201. The van der Waals surface area contributed by atoms with E-state index >= 15 is 0 Å². The van der Waals surface area contributed by atoms with E-state index in [1.807, 2.05) is 6.07 Å². The number of thiophene rings is 1. The van der Waals surface area contributed by atoms with E-state index in [9.17, 15) is 4.79 Å². The van der Waals surface area contributed by atoms with Gasteiger partial charge in [-0.05, 0) is 30.7 Å². The van der Waals surface area contributed by atoms with Crippen molar-refractivity contribution in [3.63, 3.8) is 0 Å². The standard InChI is InChI=1S/C11H15NO2S/c13-11(10-4-1-7-14-10)12-6-5-9-3-2-8-15-9/h2-3,8,10H,1,4-7H2,(H,12,13). The van der Waals surface area contributed by atoms with Crippen LogP contribution in [0.3, 0.4) is 0 Å². The zero-order valence-corrected chi connectivity index (χ0v) is 9.39. The molecule has 0 spiro atoms. The van der Waals surface area contributed by atoms with Gasteiger partial charge >= 0.3 is 0 Å². The Morgan fingerprint density at radius 3 is 3.27 bits per heavy atom. The molecule has 1 aliphatic heterocycles. The number of rotatable bonds is 4. The van der Waals surface area contributed by atoms with E-state index in [-0.39, 0.29) is 12.0 Å². The Labute approximate surface area is 93.4 Å². The lowest BCUT2D eigenvalue weighted by atomic mass is 10.2. The van der Waals surface area contributed by atoms with Crippen molar-refractivity contribution in [3.05, 3.63) is 22.4 Å². The molecule has 1 aromatic rings. The maximum Gasteiger partial charge on any atom is 0.249 e. The number of carbonyl (C=O) groups is 1. The Bertz CT molecular complexity index is 304. The average molecular weight is 225 g/mol. The van der Waals surface area contributed by atoms with E-state index in [1.54, 1.807) is 11.3 Å². The normalized spacial score (nSPS) is 20.4. The largest absolute Gasteiger partial charge is 0.368 e. The molecule has 1 saturated heterocycles. The molecule has 1 fully saturated rings. The second-order valence-corrected chi connectivity index (χ2v) is 4.65. The SMILES string of the molecule is O=C(NCCc1cccs1)C1CCCO1. The number of hydrogen-bond donors (Lipinski definition) is 1. The maximum absolute atomic E-state index is 11.5. The van der Waals surface area contributed by atoms with Crippen LogP contribution >= 0.6 is 11.3 Å². The van der Waals surface area contributed by atoms with Gasteiger partial charge in [0.2, 0.25) is 5.91 Å². The summed E-state index contributed by atoms with van der Waals surface area (Å²) in [5, 5.41) is 4.96. The quantitative estimate of drug-likeness (QED) is 0.845. The highest BCUT2D eigenvalue weighted by Crippen LogP contribution is 2.12. The van der Waals surface area contributed by atoms with E-state index in [0.29, 0.717) is 6.54 Å². The number of hydrogen-bond acceptors (Lipinski definition) is 3. The Morgan fingerprint density at radius 1 is 1.67 bits per heavy atom. The summed E-state index contributed by atoms with van der Waals surface area (Å²) in [5.74, 6) is 0.0454. The van der Waals surface area contributed by atoms with Crippen LogP contribution < -0.4 is 5.32 Å². The van der Waals surface area contributed by atoms with Crippen molar-refractivity contribution in [1.29, 1.82) is 0 Å². The third kappa shape index (κ3) is 3.04. The van der Waals surface area contributed by atoms with Gasteiger partial charge in [0.1, 0.15) is 6.10 Å². The van der Waals surface area contributed by atoms with E-state index in [0.717, 1.165) is 25.9 Å². The summed E-state index contributed by atoms with van der Waals surface area (Å²) in [4.78, 5) is 12.8. The van der Waals surface area contributed by atoms with Gasteiger partial charge in [-0.15, -0.1) is 11.3 Å². The van der Waals surface area contributed by atoms with Crippen LogP contribution in [0.1, 0.15) is 17.7 Å². The van der Waals surface area contributed by atoms with Crippen molar-refractivity contribution in [3.8, 4) is 0 Å². The van der Waals surface area contributed by atoms with Crippen molar-refractivity contribution in [2.45, 2.75) is 25.4 Å². The van der Waals surface area contributed by atoms with Gasteiger partial charge < -0.3 is 10.1 Å². The Morgan fingerprint density at radius 2 is 2.60 bits per heavy atom. The van der Waals surface area contributed by atoms with Gasteiger partial charge in [-0.3, -0.25) is 4.79 Å². The Kier molecular flexibility index (Phi) is 3.75. The summed E-state index contributed by atoms with van der Waals surface area (Å²) in [6.07, 6.45) is 2.58. The van der Waals surface area contributed by atoms with E-state index in [4.69, 9.17) is 4.74 Å². The van der Waals surface area contributed by atoms with Crippen molar-refractivity contribution in [2.24, 2.45) is 0 Å². The highest BCUT2D eigenvalue weighted by molar-refractivity contribution is 7.09. The highest BCUT2D eigenvalue weighted by Gasteiger charge is 2.22. The van der Waals surface area contributed by atoms with Gasteiger partial charge in [0.15, 0.2) is 0 Å². The lowest BCUT2D eigenvalue weighted by Crippen LogP contribution is -2.35. The molecule has 82 valence electrons. The summed E-state index contributed by atoms with van der Waals surface area (Å²) < 4.78 is 5.29.